The van der Waals surface area contributed by atoms with Crippen LogP contribution >= 0.6 is 7.60 Å². The highest BCUT2D eigenvalue weighted by Crippen LogP contribution is 2.59. The smallest absolute Gasteiger partial charge is 0.324 e. The van der Waals surface area contributed by atoms with Crippen LogP contribution in [0.5, 0.6) is 0 Å². The molecule has 3 nitrogen and oxygen atoms in total. The minimum Gasteiger partial charge on any atom is -0.324 e. The van der Waals surface area contributed by atoms with E-state index < -0.39 is 7.60 Å². The maximum atomic E-state index is 12.7. The van der Waals surface area contributed by atoms with E-state index in [1.165, 1.54) is 25.7 Å². The molecule has 2 rings (SSSR count). The van der Waals surface area contributed by atoms with Gasteiger partial charge in [0.1, 0.15) is 0 Å². The number of hydrogen-bond donors (Lipinski definition) is 1. The molecule has 0 aliphatic heterocycles. The second kappa shape index (κ2) is 7.81. The number of fused-ring (bicyclic) bond motifs is 2. The molecule has 0 aromatic rings. The van der Waals surface area contributed by atoms with Crippen molar-refractivity contribution < 1.29 is 14.0 Å². The van der Waals surface area contributed by atoms with Crippen molar-refractivity contribution in [3.05, 3.63) is 0 Å². The summed E-state index contributed by atoms with van der Waals surface area (Å²) in [6.45, 7) is 6.40. The average molecular weight is 330 g/mol. The summed E-state index contributed by atoms with van der Waals surface area (Å²) in [7, 11) is -3.48. The number of rotatable bonds is 9. The van der Waals surface area contributed by atoms with Crippen molar-refractivity contribution in [1.82, 2.24) is 0 Å². The molecule has 2 aliphatic rings. The molecule has 2 saturated carbocycles. The van der Waals surface area contributed by atoms with Gasteiger partial charge in [0, 0.05) is 0 Å². The molecule has 5 unspecified atom stereocenters. The van der Waals surface area contributed by atoms with E-state index in [0.29, 0.717) is 0 Å². The Hall–Kier alpha value is 0.150. The zero-order chi connectivity index (χ0) is 16.2. The Balaban J connectivity index is 1.80. The molecule has 0 radical (unpaired) electrons. The van der Waals surface area contributed by atoms with Crippen molar-refractivity contribution >= 4 is 7.60 Å². The monoisotopic (exact) mass is 330 g/mol. The van der Waals surface area contributed by atoms with Crippen molar-refractivity contribution in [2.45, 2.75) is 103 Å². The summed E-state index contributed by atoms with van der Waals surface area (Å²) in [6.07, 6.45) is 12.1. The van der Waals surface area contributed by atoms with E-state index in [9.17, 15) is 9.46 Å². The Morgan fingerprint density at radius 1 is 1.23 bits per heavy atom. The van der Waals surface area contributed by atoms with Gasteiger partial charge in [0.2, 0.25) is 0 Å². The molecule has 0 amide bonds. The van der Waals surface area contributed by atoms with Crippen LogP contribution in [-0.4, -0.2) is 16.2 Å². The Morgan fingerprint density at radius 2 is 2.00 bits per heavy atom. The van der Waals surface area contributed by atoms with E-state index in [-0.39, 0.29) is 11.3 Å². The van der Waals surface area contributed by atoms with E-state index in [4.69, 9.17) is 4.52 Å². The van der Waals surface area contributed by atoms with Crippen LogP contribution in [0.3, 0.4) is 0 Å². The summed E-state index contributed by atoms with van der Waals surface area (Å²) >= 11 is 0. The molecular formula is C18H35O3P. The van der Waals surface area contributed by atoms with Crippen LogP contribution in [0.15, 0.2) is 0 Å². The van der Waals surface area contributed by atoms with Crippen molar-refractivity contribution in [1.29, 1.82) is 0 Å². The molecule has 0 aromatic carbocycles. The van der Waals surface area contributed by atoms with Crippen LogP contribution in [0.4, 0.5) is 0 Å². The highest BCUT2D eigenvalue weighted by molar-refractivity contribution is 7.53. The molecule has 5 atom stereocenters. The van der Waals surface area contributed by atoms with Gasteiger partial charge < -0.3 is 9.42 Å². The van der Waals surface area contributed by atoms with Gasteiger partial charge in [0.05, 0.1) is 11.3 Å². The highest BCUT2D eigenvalue weighted by atomic mass is 31.2. The fourth-order valence-corrected chi connectivity index (χ4v) is 5.94. The Bertz CT molecular complexity index is 394. The summed E-state index contributed by atoms with van der Waals surface area (Å²) in [6, 6.07) is 0. The first kappa shape index (κ1) is 18.5. The zero-order valence-electron chi connectivity index (χ0n) is 14.7. The molecule has 0 saturated heterocycles. The van der Waals surface area contributed by atoms with Gasteiger partial charge in [-0.15, -0.1) is 0 Å². The molecule has 4 heteroatoms. The van der Waals surface area contributed by atoms with Gasteiger partial charge in [-0.2, -0.15) is 0 Å². The van der Waals surface area contributed by atoms with Crippen LogP contribution in [-0.2, 0) is 9.09 Å². The lowest BCUT2D eigenvalue weighted by molar-refractivity contribution is 0.0323. The van der Waals surface area contributed by atoms with Crippen LogP contribution in [0, 0.1) is 11.8 Å². The predicted molar refractivity (Wildman–Crippen MR) is 92.2 cm³/mol. The molecular weight excluding hydrogens is 295 g/mol. The third-order valence-corrected chi connectivity index (χ3v) is 7.92. The SMILES string of the molecule is CCCC(C)CCCC(C)P(=O)(O)OC12CCCC(CC1)C2. The van der Waals surface area contributed by atoms with Gasteiger partial charge >= 0.3 is 7.60 Å². The minimum atomic E-state index is -3.48. The quantitative estimate of drug-likeness (QED) is 0.535. The Morgan fingerprint density at radius 3 is 2.73 bits per heavy atom. The van der Waals surface area contributed by atoms with E-state index in [1.807, 2.05) is 6.92 Å². The maximum Gasteiger partial charge on any atom is 0.331 e. The molecule has 22 heavy (non-hydrogen) atoms. The molecule has 0 heterocycles. The van der Waals surface area contributed by atoms with E-state index in [0.717, 1.165) is 56.8 Å². The van der Waals surface area contributed by atoms with E-state index in [1.54, 1.807) is 0 Å². The van der Waals surface area contributed by atoms with Crippen molar-refractivity contribution in [3.8, 4) is 0 Å². The van der Waals surface area contributed by atoms with Gasteiger partial charge in [0.15, 0.2) is 0 Å². The fourth-order valence-electron chi connectivity index (χ4n) is 4.44. The molecule has 1 N–H and O–H groups in total. The second-order valence-corrected chi connectivity index (χ2v) is 10.2. The normalized spacial score (nSPS) is 33.4. The summed E-state index contributed by atoms with van der Waals surface area (Å²) in [5, 5.41) is 0. The van der Waals surface area contributed by atoms with Crippen molar-refractivity contribution in [2.75, 3.05) is 0 Å². The second-order valence-electron chi connectivity index (χ2n) is 8.01. The van der Waals surface area contributed by atoms with Gasteiger partial charge in [-0.1, -0.05) is 59.3 Å². The van der Waals surface area contributed by atoms with E-state index >= 15 is 0 Å². The third kappa shape index (κ3) is 4.82. The predicted octanol–water partition coefficient (Wildman–Crippen LogP) is 5.91. The van der Waals surface area contributed by atoms with E-state index in [2.05, 4.69) is 13.8 Å². The van der Waals surface area contributed by atoms with Gasteiger partial charge in [-0.25, -0.2) is 0 Å². The molecule has 2 bridgehead atoms. The molecule has 2 aliphatic carbocycles. The van der Waals surface area contributed by atoms with Crippen molar-refractivity contribution in [2.24, 2.45) is 11.8 Å². The van der Waals surface area contributed by atoms with Crippen LogP contribution in [0.1, 0.15) is 91.4 Å². The summed E-state index contributed by atoms with van der Waals surface area (Å²) in [5.74, 6) is 1.46. The Kier molecular flexibility index (Phi) is 6.57. The van der Waals surface area contributed by atoms with Gasteiger partial charge in [-0.05, 0) is 43.9 Å². The first-order chi connectivity index (χ1) is 10.4. The lowest BCUT2D eigenvalue weighted by atomic mass is 9.86. The van der Waals surface area contributed by atoms with Crippen molar-refractivity contribution in [3.63, 3.8) is 0 Å². The fraction of sp³-hybridized carbons (Fsp3) is 1.00. The minimum absolute atomic E-state index is 0.225. The lowest BCUT2D eigenvalue weighted by Crippen LogP contribution is -2.32. The van der Waals surface area contributed by atoms with Crippen LogP contribution in [0.2, 0.25) is 0 Å². The highest BCUT2D eigenvalue weighted by Gasteiger charge is 2.47. The maximum absolute atomic E-state index is 12.7. The average Bonchev–Trinajstić information content (AvgIpc) is 2.72. The topological polar surface area (TPSA) is 46.5 Å². The first-order valence-electron chi connectivity index (χ1n) is 9.40. The third-order valence-electron chi connectivity index (χ3n) is 5.90. The van der Waals surface area contributed by atoms with Gasteiger partial charge in [-0.3, -0.25) is 4.57 Å². The summed E-state index contributed by atoms with van der Waals surface area (Å²) in [4.78, 5) is 10.5. The molecule has 130 valence electrons. The first-order valence-corrected chi connectivity index (χ1v) is 11.0. The summed E-state index contributed by atoms with van der Waals surface area (Å²) in [5.41, 5.74) is -0.492. The standard InChI is InChI=1S/C18H35O3P/c1-4-7-15(2)8-5-9-16(3)22(19,20)21-18-12-6-10-17(14-18)11-13-18/h15-17H,4-14H2,1-3H3,(H,19,20). The molecule has 0 spiro atoms. The van der Waals surface area contributed by atoms with Crippen LogP contribution < -0.4 is 0 Å². The Labute approximate surface area is 136 Å². The lowest BCUT2D eigenvalue weighted by Gasteiger charge is -2.36. The molecule has 0 aromatic heterocycles. The van der Waals surface area contributed by atoms with Crippen LogP contribution in [0.25, 0.3) is 0 Å². The molecule has 2 fully saturated rings. The van der Waals surface area contributed by atoms with Gasteiger partial charge in [0.25, 0.3) is 0 Å². The summed E-state index contributed by atoms with van der Waals surface area (Å²) < 4.78 is 18.6. The largest absolute Gasteiger partial charge is 0.331 e. The number of hydrogen-bond acceptors (Lipinski definition) is 2. The zero-order valence-corrected chi connectivity index (χ0v) is 15.6.